The fourth-order valence-electron chi connectivity index (χ4n) is 1.40. The van der Waals surface area contributed by atoms with E-state index < -0.39 is 0 Å². The molecule has 14 heavy (non-hydrogen) atoms. The molecular weight excluding hydrogens is 194 g/mol. The van der Waals surface area contributed by atoms with Crippen LogP contribution in [0.4, 0.5) is 0 Å². The second-order valence-corrected chi connectivity index (χ2v) is 3.79. The highest BCUT2D eigenvalue weighted by Gasteiger charge is 2.07. The van der Waals surface area contributed by atoms with Crippen molar-refractivity contribution in [1.29, 1.82) is 0 Å². The molecule has 2 rings (SSSR count). The second-order valence-electron chi connectivity index (χ2n) is 3.38. The highest BCUT2D eigenvalue weighted by atomic mass is 35.5. The van der Waals surface area contributed by atoms with Crippen LogP contribution in [0.15, 0.2) is 48.8 Å². The van der Waals surface area contributed by atoms with Crippen LogP contribution in [0.1, 0.15) is 16.6 Å². The molecule has 0 N–H and O–H groups in total. The SMILES string of the molecule is Cc1ccc(C(Cl)n2cccc2)cc1. The molecule has 72 valence electrons. The van der Waals surface area contributed by atoms with E-state index in [9.17, 15) is 0 Å². The van der Waals surface area contributed by atoms with Crippen LogP contribution in [0.3, 0.4) is 0 Å². The molecule has 0 saturated carbocycles. The molecule has 1 nitrogen and oxygen atoms in total. The summed E-state index contributed by atoms with van der Waals surface area (Å²) in [5, 5.41) is 0. The molecule has 0 aliphatic carbocycles. The van der Waals surface area contributed by atoms with Crippen molar-refractivity contribution >= 4 is 11.6 Å². The zero-order valence-electron chi connectivity index (χ0n) is 8.02. The predicted octanol–water partition coefficient (Wildman–Crippen LogP) is 3.58. The summed E-state index contributed by atoms with van der Waals surface area (Å²) in [5.74, 6) is 0. The first kappa shape index (κ1) is 9.35. The lowest BCUT2D eigenvalue weighted by atomic mass is 10.1. The molecule has 0 radical (unpaired) electrons. The molecule has 1 unspecified atom stereocenters. The van der Waals surface area contributed by atoms with Gasteiger partial charge in [-0.2, -0.15) is 0 Å². The third-order valence-corrected chi connectivity index (χ3v) is 2.72. The first-order valence-electron chi connectivity index (χ1n) is 4.60. The van der Waals surface area contributed by atoms with Gasteiger partial charge in [-0.3, -0.25) is 0 Å². The largest absolute Gasteiger partial charge is 0.334 e. The molecule has 2 heteroatoms. The van der Waals surface area contributed by atoms with E-state index in [0.29, 0.717) is 0 Å². The molecule has 1 atom stereocenters. The van der Waals surface area contributed by atoms with Gasteiger partial charge in [0.15, 0.2) is 0 Å². The number of alkyl halides is 1. The van der Waals surface area contributed by atoms with E-state index in [2.05, 4.69) is 31.2 Å². The fourth-order valence-corrected chi connectivity index (χ4v) is 1.67. The van der Waals surface area contributed by atoms with Crippen molar-refractivity contribution in [3.8, 4) is 0 Å². The number of aryl methyl sites for hydroxylation is 1. The molecule has 0 bridgehead atoms. The molecular formula is C12H12ClN. The number of aromatic nitrogens is 1. The van der Waals surface area contributed by atoms with Crippen LogP contribution in [-0.2, 0) is 0 Å². The highest BCUT2D eigenvalue weighted by Crippen LogP contribution is 2.22. The Morgan fingerprint density at radius 1 is 1.07 bits per heavy atom. The molecule has 0 aliphatic heterocycles. The smallest absolute Gasteiger partial charge is 0.133 e. The zero-order valence-corrected chi connectivity index (χ0v) is 8.78. The Morgan fingerprint density at radius 2 is 1.64 bits per heavy atom. The monoisotopic (exact) mass is 205 g/mol. The van der Waals surface area contributed by atoms with Crippen LogP contribution in [-0.4, -0.2) is 4.57 Å². The third-order valence-electron chi connectivity index (χ3n) is 2.24. The average molecular weight is 206 g/mol. The highest BCUT2D eigenvalue weighted by molar-refractivity contribution is 6.20. The Hall–Kier alpha value is -1.21. The Morgan fingerprint density at radius 3 is 2.21 bits per heavy atom. The van der Waals surface area contributed by atoms with Crippen LogP contribution >= 0.6 is 11.6 Å². The minimum atomic E-state index is -0.106. The zero-order chi connectivity index (χ0) is 9.97. The van der Waals surface area contributed by atoms with Crippen molar-refractivity contribution in [3.63, 3.8) is 0 Å². The molecule has 0 saturated heterocycles. The Balaban J connectivity index is 2.28. The Kier molecular flexibility index (Phi) is 2.60. The minimum absolute atomic E-state index is 0.106. The van der Waals surface area contributed by atoms with Gasteiger partial charge in [-0.25, -0.2) is 0 Å². The van der Waals surface area contributed by atoms with E-state index in [1.807, 2.05) is 29.1 Å². The van der Waals surface area contributed by atoms with E-state index in [1.165, 1.54) is 5.56 Å². The minimum Gasteiger partial charge on any atom is -0.334 e. The van der Waals surface area contributed by atoms with Gasteiger partial charge < -0.3 is 4.57 Å². The van der Waals surface area contributed by atoms with E-state index in [1.54, 1.807) is 0 Å². The van der Waals surface area contributed by atoms with Crippen molar-refractivity contribution in [1.82, 2.24) is 4.57 Å². The summed E-state index contributed by atoms with van der Waals surface area (Å²) < 4.78 is 1.98. The lowest BCUT2D eigenvalue weighted by Crippen LogP contribution is -2.00. The molecule has 1 heterocycles. The predicted molar refractivity (Wildman–Crippen MR) is 59.6 cm³/mol. The standard InChI is InChI=1S/C12H12ClN/c1-10-4-6-11(7-5-10)12(13)14-8-2-3-9-14/h2-9,12H,1H3. The molecule has 1 aromatic heterocycles. The summed E-state index contributed by atoms with van der Waals surface area (Å²) in [5.41, 5.74) is 2.27. The fraction of sp³-hybridized carbons (Fsp3) is 0.167. The van der Waals surface area contributed by atoms with Crippen molar-refractivity contribution in [2.45, 2.75) is 12.4 Å². The normalized spacial score (nSPS) is 12.7. The molecule has 0 spiro atoms. The van der Waals surface area contributed by atoms with Gasteiger partial charge in [0.2, 0.25) is 0 Å². The van der Waals surface area contributed by atoms with E-state index >= 15 is 0 Å². The number of benzene rings is 1. The summed E-state index contributed by atoms with van der Waals surface area (Å²) in [6.07, 6.45) is 3.94. The third kappa shape index (κ3) is 1.83. The maximum atomic E-state index is 6.29. The van der Waals surface area contributed by atoms with Crippen molar-refractivity contribution < 1.29 is 0 Å². The summed E-state index contributed by atoms with van der Waals surface area (Å²) in [7, 11) is 0. The van der Waals surface area contributed by atoms with Gasteiger partial charge in [0.05, 0.1) is 0 Å². The van der Waals surface area contributed by atoms with Crippen LogP contribution < -0.4 is 0 Å². The van der Waals surface area contributed by atoms with Gasteiger partial charge in [-0.15, -0.1) is 0 Å². The van der Waals surface area contributed by atoms with Gasteiger partial charge in [0.25, 0.3) is 0 Å². The van der Waals surface area contributed by atoms with Gasteiger partial charge in [-0.1, -0.05) is 41.4 Å². The van der Waals surface area contributed by atoms with Crippen LogP contribution in [0.5, 0.6) is 0 Å². The number of rotatable bonds is 2. The molecule has 2 aromatic rings. The maximum absolute atomic E-state index is 6.29. The van der Waals surface area contributed by atoms with Gasteiger partial charge in [-0.05, 0) is 24.6 Å². The molecule has 0 fully saturated rings. The van der Waals surface area contributed by atoms with Gasteiger partial charge in [0, 0.05) is 12.4 Å². The summed E-state index contributed by atoms with van der Waals surface area (Å²) in [4.78, 5) is 0. The maximum Gasteiger partial charge on any atom is 0.133 e. The first-order chi connectivity index (χ1) is 6.77. The summed E-state index contributed by atoms with van der Waals surface area (Å²) >= 11 is 6.29. The van der Waals surface area contributed by atoms with Gasteiger partial charge >= 0.3 is 0 Å². The number of halogens is 1. The van der Waals surface area contributed by atoms with Crippen LogP contribution in [0, 0.1) is 6.92 Å². The lowest BCUT2D eigenvalue weighted by Gasteiger charge is -2.11. The van der Waals surface area contributed by atoms with E-state index in [-0.39, 0.29) is 5.50 Å². The average Bonchev–Trinajstić information content (AvgIpc) is 2.71. The lowest BCUT2D eigenvalue weighted by molar-refractivity contribution is 0.772. The summed E-state index contributed by atoms with van der Waals surface area (Å²) in [6, 6.07) is 12.2. The number of hydrogen-bond acceptors (Lipinski definition) is 0. The van der Waals surface area contributed by atoms with Crippen molar-refractivity contribution in [3.05, 3.63) is 59.9 Å². The van der Waals surface area contributed by atoms with Crippen molar-refractivity contribution in [2.24, 2.45) is 0 Å². The van der Waals surface area contributed by atoms with Crippen LogP contribution in [0.2, 0.25) is 0 Å². The molecule has 1 aromatic carbocycles. The molecule has 0 amide bonds. The van der Waals surface area contributed by atoms with E-state index in [0.717, 1.165) is 5.56 Å². The Bertz CT molecular complexity index is 389. The summed E-state index contributed by atoms with van der Waals surface area (Å²) in [6.45, 7) is 2.07. The van der Waals surface area contributed by atoms with Crippen molar-refractivity contribution in [2.75, 3.05) is 0 Å². The van der Waals surface area contributed by atoms with Gasteiger partial charge in [0.1, 0.15) is 5.50 Å². The quantitative estimate of drug-likeness (QED) is 0.661. The van der Waals surface area contributed by atoms with E-state index in [4.69, 9.17) is 11.6 Å². The number of nitrogens with zero attached hydrogens (tertiary/aromatic N) is 1. The molecule has 0 aliphatic rings. The van der Waals surface area contributed by atoms with Crippen LogP contribution in [0.25, 0.3) is 0 Å². The Labute approximate surface area is 88.9 Å². The number of hydrogen-bond donors (Lipinski definition) is 0. The second kappa shape index (κ2) is 3.89. The first-order valence-corrected chi connectivity index (χ1v) is 5.04. The topological polar surface area (TPSA) is 4.93 Å².